The fourth-order valence-electron chi connectivity index (χ4n) is 2.40. The highest BCUT2D eigenvalue weighted by atomic mass is 16.5. The average Bonchev–Trinajstić information content (AvgIpc) is 2.39. The van der Waals surface area contributed by atoms with Gasteiger partial charge in [-0.1, -0.05) is 0 Å². The summed E-state index contributed by atoms with van der Waals surface area (Å²) in [6.45, 7) is 5.32. The highest BCUT2D eigenvalue weighted by Crippen LogP contribution is 2.21. The summed E-state index contributed by atoms with van der Waals surface area (Å²) < 4.78 is 5.21. The maximum absolute atomic E-state index is 5.65. The van der Waals surface area contributed by atoms with Gasteiger partial charge in [0.2, 0.25) is 5.95 Å². The van der Waals surface area contributed by atoms with Gasteiger partial charge in [0.05, 0.1) is 5.69 Å². The van der Waals surface area contributed by atoms with Crippen LogP contribution in [0.3, 0.4) is 0 Å². The van der Waals surface area contributed by atoms with Crippen molar-refractivity contribution >= 4 is 5.95 Å². The first kappa shape index (κ1) is 13.2. The number of nitrogens with two attached hydrogens (primary N) is 1. The minimum Gasteiger partial charge on any atom is -0.384 e. The summed E-state index contributed by atoms with van der Waals surface area (Å²) in [6.07, 6.45) is 2.28. The second kappa shape index (κ2) is 6.11. The van der Waals surface area contributed by atoms with Gasteiger partial charge in [-0.15, -0.1) is 0 Å². The van der Waals surface area contributed by atoms with Crippen molar-refractivity contribution in [3.63, 3.8) is 0 Å². The molecule has 5 heteroatoms. The Bertz CT molecular complexity index is 389. The van der Waals surface area contributed by atoms with Crippen LogP contribution in [0.1, 0.15) is 24.2 Å². The van der Waals surface area contributed by atoms with Crippen LogP contribution in [-0.4, -0.2) is 36.8 Å². The molecule has 1 saturated heterocycles. The third-order valence-electron chi connectivity index (χ3n) is 3.40. The Balaban J connectivity index is 2.02. The van der Waals surface area contributed by atoms with Crippen molar-refractivity contribution in [2.24, 2.45) is 11.7 Å². The Morgan fingerprint density at radius 2 is 2.11 bits per heavy atom. The molecule has 0 atom stereocenters. The Labute approximate surface area is 108 Å². The van der Waals surface area contributed by atoms with Crippen LogP contribution in [0.2, 0.25) is 0 Å². The first-order valence-electron chi connectivity index (χ1n) is 6.51. The van der Waals surface area contributed by atoms with E-state index >= 15 is 0 Å². The lowest BCUT2D eigenvalue weighted by Gasteiger charge is -2.31. The molecule has 0 bridgehead atoms. The summed E-state index contributed by atoms with van der Waals surface area (Å²) in [6, 6.07) is 1.95. The van der Waals surface area contributed by atoms with Crippen molar-refractivity contribution in [3.8, 4) is 0 Å². The van der Waals surface area contributed by atoms with Crippen LogP contribution in [0.25, 0.3) is 0 Å². The lowest BCUT2D eigenvalue weighted by Crippen LogP contribution is -2.36. The number of ether oxygens (including phenoxy) is 1. The van der Waals surface area contributed by atoms with E-state index in [1.807, 2.05) is 13.0 Å². The van der Waals surface area contributed by atoms with Crippen LogP contribution in [0, 0.1) is 12.8 Å². The Morgan fingerprint density at radius 1 is 1.39 bits per heavy atom. The van der Waals surface area contributed by atoms with Crippen molar-refractivity contribution in [2.45, 2.75) is 26.3 Å². The molecule has 2 rings (SSSR count). The van der Waals surface area contributed by atoms with E-state index in [2.05, 4.69) is 14.9 Å². The van der Waals surface area contributed by atoms with E-state index in [1.165, 1.54) is 0 Å². The van der Waals surface area contributed by atoms with Gasteiger partial charge in [-0.25, -0.2) is 9.97 Å². The molecule has 5 nitrogen and oxygen atoms in total. The SMILES string of the molecule is COCC1CCN(c2nc(C)cc(CN)n2)CC1. The summed E-state index contributed by atoms with van der Waals surface area (Å²) in [5.41, 5.74) is 7.55. The lowest BCUT2D eigenvalue weighted by atomic mass is 9.98. The molecule has 100 valence electrons. The fraction of sp³-hybridized carbons (Fsp3) is 0.692. The van der Waals surface area contributed by atoms with Crippen molar-refractivity contribution in [3.05, 3.63) is 17.5 Å². The quantitative estimate of drug-likeness (QED) is 0.867. The number of hydrogen-bond donors (Lipinski definition) is 1. The maximum Gasteiger partial charge on any atom is 0.225 e. The number of aryl methyl sites for hydroxylation is 1. The van der Waals surface area contributed by atoms with E-state index in [1.54, 1.807) is 7.11 Å². The topological polar surface area (TPSA) is 64.3 Å². The minimum atomic E-state index is 0.469. The smallest absolute Gasteiger partial charge is 0.225 e. The largest absolute Gasteiger partial charge is 0.384 e. The van der Waals surface area contributed by atoms with Crippen LogP contribution in [-0.2, 0) is 11.3 Å². The zero-order valence-electron chi connectivity index (χ0n) is 11.2. The molecule has 0 radical (unpaired) electrons. The first-order valence-corrected chi connectivity index (χ1v) is 6.51. The zero-order valence-corrected chi connectivity index (χ0v) is 11.2. The molecule has 1 fully saturated rings. The average molecular weight is 250 g/mol. The van der Waals surface area contributed by atoms with Gasteiger partial charge in [0.25, 0.3) is 0 Å². The van der Waals surface area contributed by atoms with Crippen molar-refractivity contribution < 1.29 is 4.74 Å². The predicted molar refractivity (Wildman–Crippen MR) is 71.5 cm³/mol. The van der Waals surface area contributed by atoms with Gasteiger partial charge in [-0.2, -0.15) is 0 Å². The standard InChI is InChI=1S/C13H22N4O/c1-10-7-12(8-14)16-13(15-10)17-5-3-11(4-6-17)9-18-2/h7,11H,3-6,8-9,14H2,1-2H3. The third-order valence-corrected chi connectivity index (χ3v) is 3.40. The minimum absolute atomic E-state index is 0.469. The summed E-state index contributed by atoms with van der Waals surface area (Å²) in [5, 5.41) is 0. The molecule has 0 spiro atoms. The van der Waals surface area contributed by atoms with Crippen molar-refractivity contribution in [1.82, 2.24) is 9.97 Å². The van der Waals surface area contributed by atoms with Crippen LogP contribution >= 0.6 is 0 Å². The van der Waals surface area contributed by atoms with Crippen LogP contribution in [0.4, 0.5) is 5.95 Å². The van der Waals surface area contributed by atoms with Gasteiger partial charge >= 0.3 is 0 Å². The molecule has 2 N–H and O–H groups in total. The second-order valence-corrected chi connectivity index (χ2v) is 4.89. The van der Waals surface area contributed by atoms with Crippen LogP contribution in [0.15, 0.2) is 6.07 Å². The molecular weight excluding hydrogens is 228 g/mol. The molecule has 0 aliphatic carbocycles. The predicted octanol–water partition coefficient (Wildman–Crippen LogP) is 1.11. The number of anilines is 1. The highest BCUT2D eigenvalue weighted by Gasteiger charge is 2.21. The summed E-state index contributed by atoms with van der Waals surface area (Å²) in [5.74, 6) is 1.50. The molecule has 1 aliphatic heterocycles. The summed E-state index contributed by atoms with van der Waals surface area (Å²) >= 11 is 0. The molecule has 1 aliphatic rings. The molecular formula is C13H22N4O. The molecule has 1 aromatic heterocycles. The number of methoxy groups -OCH3 is 1. The lowest BCUT2D eigenvalue weighted by molar-refractivity contribution is 0.139. The number of piperidine rings is 1. The number of aromatic nitrogens is 2. The van der Waals surface area contributed by atoms with E-state index in [-0.39, 0.29) is 0 Å². The fourth-order valence-corrected chi connectivity index (χ4v) is 2.40. The number of hydrogen-bond acceptors (Lipinski definition) is 5. The van der Waals surface area contributed by atoms with Crippen molar-refractivity contribution in [1.29, 1.82) is 0 Å². The van der Waals surface area contributed by atoms with Crippen LogP contribution < -0.4 is 10.6 Å². The van der Waals surface area contributed by atoms with E-state index in [9.17, 15) is 0 Å². The third kappa shape index (κ3) is 3.17. The maximum atomic E-state index is 5.65. The number of rotatable bonds is 4. The van der Waals surface area contributed by atoms with Gasteiger partial charge in [-0.05, 0) is 31.7 Å². The number of nitrogens with zero attached hydrogens (tertiary/aromatic N) is 3. The monoisotopic (exact) mass is 250 g/mol. The molecule has 2 heterocycles. The first-order chi connectivity index (χ1) is 8.72. The van der Waals surface area contributed by atoms with Gasteiger partial charge in [-0.3, -0.25) is 0 Å². The molecule has 0 aromatic carbocycles. The second-order valence-electron chi connectivity index (χ2n) is 4.89. The highest BCUT2D eigenvalue weighted by molar-refractivity contribution is 5.32. The molecule has 0 unspecified atom stereocenters. The van der Waals surface area contributed by atoms with E-state index < -0.39 is 0 Å². The molecule has 1 aromatic rings. The Morgan fingerprint density at radius 3 is 2.72 bits per heavy atom. The molecule has 18 heavy (non-hydrogen) atoms. The molecule has 0 saturated carbocycles. The van der Waals surface area contributed by atoms with Crippen molar-refractivity contribution in [2.75, 3.05) is 31.7 Å². The Hall–Kier alpha value is -1.20. The van der Waals surface area contributed by atoms with E-state index in [0.29, 0.717) is 12.5 Å². The normalized spacial score (nSPS) is 17.2. The van der Waals surface area contributed by atoms with Gasteiger partial charge in [0.1, 0.15) is 0 Å². The summed E-state index contributed by atoms with van der Waals surface area (Å²) in [4.78, 5) is 11.3. The zero-order chi connectivity index (χ0) is 13.0. The van der Waals surface area contributed by atoms with E-state index in [0.717, 1.165) is 49.9 Å². The van der Waals surface area contributed by atoms with Gasteiger partial charge < -0.3 is 15.4 Å². The van der Waals surface area contributed by atoms with Crippen LogP contribution in [0.5, 0.6) is 0 Å². The Kier molecular flexibility index (Phi) is 4.49. The van der Waals surface area contributed by atoms with Gasteiger partial charge in [0, 0.05) is 39.0 Å². The molecule has 0 amide bonds. The summed E-state index contributed by atoms with van der Waals surface area (Å²) in [7, 11) is 1.77. The van der Waals surface area contributed by atoms with Gasteiger partial charge in [0.15, 0.2) is 0 Å². The van der Waals surface area contributed by atoms with E-state index in [4.69, 9.17) is 10.5 Å².